The Kier molecular flexibility index (Phi) is 4.68. The largest absolute Gasteiger partial charge is 0.465 e. The van der Waals surface area contributed by atoms with Crippen LogP contribution in [0.4, 0.5) is 11.4 Å². The summed E-state index contributed by atoms with van der Waals surface area (Å²) in [5.74, 6) is 0.241. The van der Waals surface area contributed by atoms with Crippen molar-refractivity contribution in [2.45, 2.75) is 13.2 Å². The molecule has 17 heavy (non-hydrogen) atoms. The second kappa shape index (κ2) is 6.02. The molecule has 0 spiro atoms. The highest BCUT2D eigenvalue weighted by Gasteiger charge is 2.15. The number of hydrogen-bond donors (Lipinski definition) is 3. The topological polar surface area (TPSA) is 111 Å². The summed E-state index contributed by atoms with van der Waals surface area (Å²) in [6.07, 6.45) is -1.02. The van der Waals surface area contributed by atoms with E-state index in [0.29, 0.717) is 18.8 Å². The molecule has 1 atom stereocenters. The molecule has 7 nitrogen and oxygen atoms in total. The van der Waals surface area contributed by atoms with E-state index >= 15 is 0 Å². The van der Waals surface area contributed by atoms with Gasteiger partial charge in [0.15, 0.2) is 6.29 Å². The SMILES string of the molecule is CC(O)Oc1ccc(NCCN)c([N+](=O)[O-])c1. The number of ether oxygens (including phenoxy) is 1. The first-order valence-corrected chi connectivity index (χ1v) is 5.11. The van der Waals surface area contributed by atoms with Crippen LogP contribution in [-0.4, -0.2) is 29.4 Å². The van der Waals surface area contributed by atoms with Gasteiger partial charge in [-0.2, -0.15) is 0 Å². The zero-order chi connectivity index (χ0) is 12.8. The van der Waals surface area contributed by atoms with Crippen LogP contribution in [0.15, 0.2) is 18.2 Å². The average Bonchev–Trinajstić information content (AvgIpc) is 2.26. The normalized spacial score (nSPS) is 11.9. The Labute approximate surface area is 98.3 Å². The first-order valence-electron chi connectivity index (χ1n) is 5.11. The molecule has 7 heteroatoms. The summed E-state index contributed by atoms with van der Waals surface area (Å²) in [5.41, 5.74) is 5.57. The van der Waals surface area contributed by atoms with Crippen molar-refractivity contribution in [1.82, 2.24) is 0 Å². The fourth-order valence-electron chi connectivity index (χ4n) is 1.29. The van der Waals surface area contributed by atoms with E-state index in [4.69, 9.17) is 15.6 Å². The van der Waals surface area contributed by atoms with Crippen LogP contribution < -0.4 is 15.8 Å². The van der Waals surface area contributed by atoms with Crippen LogP contribution in [0.2, 0.25) is 0 Å². The van der Waals surface area contributed by atoms with Crippen molar-refractivity contribution in [1.29, 1.82) is 0 Å². The van der Waals surface area contributed by atoms with Gasteiger partial charge in [0.1, 0.15) is 11.4 Å². The third-order valence-corrected chi connectivity index (χ3v) is 1.93. The van der Waals surface area contributed by atoms with E-state index in [2.05, 4.69) is 5.32 Å². The molecule has 0 saturated heterocycles. The van der Waals surface area contributed by atoms with E-state index in [1.165, 1.54) is 19.1 Å². The van der Waals surface area contributed by atoms with E-state index in [9.17, 15) is 10.1 Å². The maximum Gasteiger partial charge on any atom is 0.296 e. The predicted octanol–water partition coefficient (Wildman–Crippen LogP) is 0.682. The number of anilines is 1. The lowest BCUT2D eigenvalue weighted by Crippen LogP contribution is -2.14. The first-order chi connectivity index (χ1) is 8.04. The molecule has 1 aromatic rings. The highest BCUT2D eigenvalue weighted by molar-refractivity contribution is 5.63. The second-order valence-corrected chi connectivity index (χ2v) is 3.37. The summed E-state index contributed by atoms with van der Waals surface area (Å²) < 4.78 is 4.96. The van der Waals surface area contributed by atoms with Crippen LogP contribution >= 0.6 is 0 Å². The zero-order valence-electron chi connectivity index (χ0n) is 9.42. The van der Waals surface area contributed by atoms with E-state index in [0.717, 1.165) is 0 Å². The van der Waals surface area contributed by atoms with Gasteiger partial charge in [-0.25, -0.2) is 0 Å². The van der Waals surface area contributed by atoms with Crippen LogP contribution in [0.3, 0.4) is 0 Å². The molecule has 4 N–H and O–H groups in total. The molecule has 0 saturated carbocycles. The maximum atomic E-state index is 10.8. The third-order valence-electron chi connectivity index (χ3n) is 1.93. The fourth-order valence-corrected chi connectivity index (χ4v) is 1.29. The quantitative estimate of drug-likeness (QED) is 0.384. The molecule has 94 valence electrons. The predicted molar refractivity (Wildman–Crippen MR) is 62.9 cm³/mol. The highest BCUT2D eigenvalue weighted by Crippen LogP contribution is 2.29. The number of aliphatic hydroxyl groups is 1. The van der Waals surface area contributed by atoms with Crippen molar-refractivity contribution < 1.29 is 14.8 Å². The summed E-state index contributed by atoms with van der Waals surface area (Å²) in [6.45, 7) is 2.24. The van der Waals surface area contributed by atoms with Crippen molar-refractivity contribution >= 4 is 11.4 Å². The Balaban J connectivity index is 2.95. The Morgan fingerprint density at radius 2 is 2.35 bits per heavy atom. The van der Waals surface area contributed by atoms with Gasteiger partial charge in [-0.15, -0.1) is 0 Å². The molecule has 0 bridgehead atoms. The second-order valence-electron chi connectivity index (χ2n) is 3.37. The van der Waals surface area contributed by atoms with Gasteiger partial charge in [0.25, 0.3) is 5.69 Å². The zero-order valence-corrected chi connectivity index (χ0v) is 9.42. The van der Waals surface area contributed by atoms with Crippen LogP contribution in [0, 0.1) is 10.1 Å². The number of nitrogens with two attached hydrogens (primary N) is 1. The van der Waals surface area contributed by atoms with Crippen molar-refractivity contribution in [3.8, 4) is 5.75 Å². The van der Waals surface area contributed by atoms with Gasteiger partial charge in [-0.1, -0.05) is 0 Å². The highest BCUT2D eigenvalue weighted by atomic mass is 16.6. The molecule has 0 aliphatic rings. The Bertz CT molecular complexity index is 395. The van der Waals surface area contributed by atoms with Crippen molar-refractivity contribution in [3.05, 3.63) is 28.3 Å². The number of nitro groups is 1. The number of nitrogens with zero attached hydrogens (tertiary/aromatic N) is 1. The fraction of sp³-hybridized carbons (Fsp3) is 0.400. The van der Waals surface area contributed by atoms with E-state index in [-0.39, 0.29) is 11.4 Å². The van der Waals surface area contributed by atoms with Crippen LogP contribution in [0.5, 0.6) is 5.75 Å². The van der Waals surface area contributed by atoms with Crippen molar-refractivity contribution in [3.63, 3.8) is 0 Å². The molecule has 1 aromatic carbocycles. The molecule has 0 heterocycles. The average molecular weight is 241 g/mol. The molecule has 0 fully saturated rings. The van der Waals surface area contributed by atoms with Crippen molar-refractivity contribution in [2.75, 3.05) is 18.4 Å². The Morgan fingerprint density at radius 3 is 2.88 bits per heavy atom. The number of rotatable bonds is 6. The monoisotopic (exact) mass is 241 g/mol. The number of hydrogen-bond acceptors (Lipinski definition) is 6. The minimum atomic E-state index is -1.02. The molecular formula is C10H15N3O4. The minimum Gasteiger partial charge on any atom is -0.465 e. The standard InChI is InChI=1S/C10H15N3O4/c1-7(14)17-8-2-3-9(12-5-4-11)10(6-8)13(15)16/h2-3,6-7,12,14H,4-5,11H2,1H3. The molecular weight excluding hydrogens is 226 g/mol. The van der Waals surface area contributed by atoms with Gasteiger partial charge in [0.2, 0.25) is 0 Å². The Hall–Kier alpha value is -1.86. The maximum absolute atomic E-state index is 10.8. The molecule has 0 aliphatic heterocycles. The molecule has 1 rings (SSSR count). The minimum absolute atomic E-state index is 0.114. The molecule has 0 aliphatic carbocycles. The summed E-state index contributed by atoms with van der Waals surface area (Å²) in [6, 6.07) is 4.32. The lowest BCUT2D eigenvalue weighted by Gasteiger charge is -2.10. The van der Waals surface area contributed by atoms with Crippen LogP contribution in [0.1, 0.15) is 6.92 Å². The van der Waals surface area contributed by atoms with Gasteiger partial charge >= 0.3 is 0 Å². The van der Waals surface area contributed by atoms with Gasteiger partial charge in [-0.05, 0) is 19.1 Å². The van der Waals surface area contributed by atoms with Gasteiger partial charge < -0.3 is 20.9 Å². The number of benzene rings is 1. The van der Waals surface area contributed by atoms with E-state index in [1.807, 2.05) is 0 Å². The molecule has 0 amide bonds. The first kappa shape index (κ1) is 13.2. The summed E-state index contributed by atoms with van der Waals surface area (Å²) in [7, 11) is 0. The number of nitrogens with one attached hydrogen (secondary N) is 1. The van der Waals surface area contributed by atoms with Gasteiger partial charge in [0.05, 0.1) is 11.0 Å². The lowest BCUT2D eigenvalue weighted by molar-refractivity contribution is -0.384. The van der Waals surface area contributed by atoms with Crippen LogP contribution in [-0.2, 0) is 0 Å². The number of aliphatic hydroxyl groups excluding tert-OH is 1. The third kappa shape index (κ3) is 3.89. The van der Waals surface area contributed by atoms with Gasteiger partial charge in [0, 0.05) is 13.1 Å². The summed E-state index contributed by atoms with van der Waals surface area (Å²) in [5, 5.41) is 22.7. The van der Waals surface area contributed by atoms with Crippen molar-refractivity contribution in [2.24, 2.45) is 5.73 Å². The summed E-state index contributed by atoms with van der Waals surface area (Å²) in [4.78, 5) is 10.3. The lowest BCUT2D eigenvalue weighted by atomic mass is 10.2. The van der Waals surface area contributed by atoms with E-state index in [1.54, 1.807) is 6.07 Å². The smallest absolute Gasteiger partial charge is 0.296 e. The molecule has 0 radical (unpaired) electrons. The Morgan fingerprint density at radius 1 is 1.65 bits per heavy atom. The molecule has 0 aromatic heterocycles. The van der Waals surface area contributed by atoms with Gasteiger partial charge in [-0.3, -0.25) is 10.1 Å². The molecule has 1 unspecified atom stereocenters. The van der Waals surface area contributed by atoms with E-state index < -0.39 is 11.2 Å². The van der Waals surface area contributed by atoms with Crippen LogP contribution in [0.25, 0.3) is 0 Å². The number of nitro benzene ring substituents is 1. The summed E-state index contributed by atoms with van der Waals surface area (Å²) >= 11 is 0.